The van der Waals surface area contributed by atoms with Gasteiger partial charge in [-0.3, -0.25) is 9.59 Å². The number of nitrogens with zero attached hydrogens (tertiary/aromatic N) is 1. The summed E-state index contributed by atoms with van der Waals surface area (Å²) in [5.41, 5.74) is 0.182. The molecule has 1 N–H and O–H groups in total. The maximum absolute atomic E-state index is 12.8. The fourth-order valence-corrected chi connectivity index (χ4v) is 2.18. The molecule has 0 radical (unpaired) electrons. The summed E-state index contributed by atoms with van der Waals surface area (Å²) >= 11 is 0. The van der Waals surface area contributed by atoms with Gasteiger partial charge in [0.15, 0.2) is 0 Å². The summed E-state index contributed by atoms with van der Waals surface area (Å²) in [5, 5.41) is 2.41. The van der Waals surface area contributed by atoms with Crippen molar-refractivity contribution in [2.24, 2.45) is 0 Å². The predicted molar refractivity (Wildman–Crippen MR) is 83.5 cm³/mol. The molecule has 0 aliphatic rings. The lowest BCUT2D eigenvalue weighted by atomic mass is 10.2. The molecule has 9 heteroatoms. The lowest BCUT2D eigenvalue weighted by Gasteiger charge is -2.23. The minimum Gasteiger partial charge on any atom is -0.467 e. The molecule has 1 aromatic heterocycles. The number of rotatable bonds is 7. The van der Waals surface area contributed by atoms with Gasteiger partial charge in [-0.25, -0.2) is 4.39 Å². The van der Waals surface area contributed by atoms with Crippen LogP contribution in [0.15, 0.2) is 47.1 Å². The van der Waals surface area contributed by atoms with Gasteiger partial charge in [-0.05, 0) is 36.4 Å². The van der Waals surface area contributed by atoms with Crippen LogP contribution in [0.5, 0.6) is 0 Å². The van der Waals surface area contributed by atoms with E-state index in [-0.39, 0.29) is 30.8 Å². The van der Waals surface area contributed by atoms with Crippen molar-refractivity contribution in [3.63, 3.8) is 0 Å². The SMILES string of the molecule is O=C(NCCC(=O)N(Cc1ccco1)CC(F)(F)F)c1ccc(F)cc1. The smallest absolute Gasteiger partial charge is 0.406 e. The second-order valence-electron chi connectivity index (χ2n) is 5.46. The number of amides is 2. The minimum atomic E-state index is -4.56. The van der Waals surface area contributed by atoms with Gasteiger partial charge in [-0.15, -0.1) is 0 Å². The van der Waals surface area contributed by atoms with E-state index in [0.29, 0.717) is 4.90 Å². The number of carbonyl (C=O) groups is 2. The number of furan rings is 1. The zero-order valence-corrected chi connectivity index (χ0v) is 13.6. The Morgan fingerprint density at radius 1 is 1.12 bits per heavy atom. The van der Waals surface area contributed by atoms with E-state index in [1.807, 2.05) is 0 Å². The van der Waals surface area contributed by atoms with Gasteiger partial charge in [0, 0.05) is 18.5 Å². The third-order valence-corrected chi connectivity index (χ3v) is 3.38. The number of alkyl halides is 3. The fourth-order valence-electron chi connectivity index (χ4n) is 2.18. The van der Waals surface area contributed by atoms with E-state index < -0.39 is 30.4 Å². The van der Waals surface area contributed by atoms with E-state index in [1.54, 1.807) is 0 Å². The van der Waals surface area contributed by atoms with Gasteiger partial charge >= 0.3 is 6.18 Å². The Balaban J connectivity index is 1.89. The molecule has 0 bridgehead atoms. The molecule has 26 heavy (non-hydrogen) atoms. The molecule has 1 aromatic carbocycles. The summed E-state index contributed by atoms with van der Waals surface area (Å²) in [4.78, 5) is 24.5. The standard InChI is InChI=1S/C17H16F4N2O3/c18-13-5-3-12(4-6-13)16(25)22-8-7-15(24)23(11-17(19,20)21)10-14-2-1-9-26-14/h1-6,9H,7-8,10-11H2,(H,22,25). The first-order valence-electron chi connectivity index (χ1n) is 7.65. The molecule has 1 heterocycles. The van der Waals surface area contributed by atoms with E-state index in [9.17, 15) is 27.2 Å². The van der Waals surface area contributed by atoms with Crippen molar-refractivity contribution < 1.29 is 31.6 Å². The normalized spacial score (nSPS) is 11.2. The molecule has 0 aliphatic heterocycles. The Morgan fingerprint density at radius 3 is 2.38 bits per heavy atom. The minimum absolute atomic E-state index is 0.151. The highest BCUT2D eigenvalue weighted by atomic mass is 19.4. The lowest BCUT2D eigenvalue weighted by Crippen LogP contribution is -2.40. The predicted octanol–water partition coefficient (Wildman–Crippen LogP) is 3.13. The second-order valence-corrected chi connectivity index (χ2v) is 5.46. The van der Waals surface area contributed by atoms with Gasteiger partial charge in [0.25, 0.3) is 5.91 Å². The van der Waals surface area contributed by atoms with Gasteiger partial charge in [0.1, 0.15) is 18.1 Å². The van der Waals surface area contributed by atoms with Gasteiger partial charge < -0.3 is 14.6 Å². The van der Waals surface area contributed by atoms with E-state index in [0.717, 1.165) is 12.1 Å². The fraction of sp³-hybridized carbons (Fsp3) is 0.294. The van der Waals surface area contributed by atoms with Gasteiger partial charge in [-0.1, -0.05) is 0 Å². The van der Waals surface area contributed by atoms with Crippen LogP contribution in [0.1, 0.15) is 22.5 Å². The summed E-state index contributed by atoms with van der Waals surface area (Å²) in [6.07, 6.45) is -3.57. The molecular weight excluding hydrogens is 356 g/mol. The summed E-state index contributed by atoms with van der Waals surface area (Å²) in [6, 6.07) is 7.71. The topological polar surface area (TPSA) is 62.6 Å². The number of hydrogen-bond donors (Lipinski definition) is 1. The number of hydrogen-bond acceptors (Lipinski definition) is 3. The first-order valence-corrected chi connectivity index (χ1v) is 7.65. The van der Waals surface area contributed by atoms with Gasteiger partial charge in [0.2, 0.25) is 5.91 Å². The molecule has 2 rings (SSSR count). The molecular formula is C17H16F4N2O3. The van der Waals surface area contributed by atoms with Crippen molar-refractivity contribution in [3.05, 3.63) is 59.8 Å². The zero-order chi connectivity index (χ0) is 19.2. The summed E-state index contributed by atoms with van der Waals surface area (Å²) in [6.45, 7) is -1.89. The average molecular weight is 372 g/mol. The molecule has 0 unspecified atom stereocenters. The second kappa shape index (κ2) is 8.50. The van der Waals surface area contributed by atoms with Crippen LogP contribution < -0.4 is 5.32 Å². The van der Waals surface area contributed by atoms with E-state index >= 15 is 0 Å². The van der Waals surface area contributed by atoms with Crippen LogP contribution in [0.2, 0.25) is 0 Å². The van der Waals surface area contributed by atoms with Crippen molar-refractivity contribution >= 4 is 11.8 Å². The van der Waals surface area contributed by atoms with Crippen LogP contribution in [0.4, 0.5) is 17.6 Å². The molecule has 0 spiro atoms. The zero-order valence-electron chi connectivity index (χ0n) is 13.6. The Morgan fingerprint density at radius 2 is 1.81 bits per heavy atom. The van der Waals surface area contributed by atoms with E-state index in [2.05, 4.69) is 5.32 Å². The van der Waals surface area contributed by atoms with Gasteiger partial charge in [0.05, 0.1) is 12.8 Å². The van der Waals surface area contributed by atoms with E-state index in [1.165, 1.54) is 30.5 Å². The highest BCUT2D eigenvalue weighted by molar-refractivity contribution is 5.94. The molecule has 0 saturated carbocycles. The van der Waals surface area contributed by atoms with Crippen molar-refractivity contribution in [2.75, 3.05) is 13.1 Å². The van der Waals surface area contributed by atoms with Crippen LogP contribution in [-0.4, -0.2) is 36.0 Å². The molecule has 2 aromatic rings. The molecule has 0 fully saturated rings. The molecule has 0 saturated heterocycles. The first kappa shape index (κ1) is 19.5. The van der Waals surface area contributed by atoms with Crippen LogP contribution in [0, 0.1) is 5.82 Å². The summed E-state index contributed by atoms with van der Waals surface area (Å²) in [7, 11) is 0. The van der Waals surface area contributed by atoms with Crippen molar-refractivity contribution in [1.29, 1.82) is 0 Å². The third-order valence-electron chi connectivity index (χ3n) is 3.38. The number of halogens is 4. The third kappa shape index (κ3) is 6.23. The average Bonchev–Trinajstić information content (AvgIpc) is 3.06. The van der Waals surface area contributed by atoms with Crippen LogP contribution in [-0.2, 0) is 11.3 Å². The van der Waals surface area contributed by atoms with Crippen molar-refractivity contribution in [1.82, 2.24) is 10.2 Å². The lowest BCUT2D eigenvalue weighted by molar-refractivity contribution is -0.162. The largest absolute Gasteiger partial charge is 0.467 e. The molecule has 0 aliphatic carbocycles. The summed E-state index contributed by atoms with van der Waals surface area (Å²) < 4.78 is 55.8. The Kier molecular flexibility index (Phi) is 6.37. The quantitative estimate of drug-likeness (QED) is 0.760. The van der Waals surface area contributed by atoms with E-state index in [4.69, 9.17) is 4.42 Å². The highest BCUT2D eigenvalue weighted by Gasteiger charge is 2.33. The molecule has 2 amide bonds. The number of benzene rings is 1. The van der Waals surface area contributed by atoms with Crippen LogP contribution in [0.3, 0.4) is 0 Å². The van der Waals surface area contributed by atoms with Crippen molar-refractivity contribution in [2.45, 2.75) is 19.1 Å². The first-order chi connectivity index (χ1) is 12.2. The monoisotopic (exact) mass is 372 g/mol. The Hall–Kier alpha value is -2.84. The number of carbonyl (C=O) groups excluding carboxylic acids is 2. The van der Waals surface area contributed by atoms with Crippen LogP contribution in [0.25, 0.3) is 0 Å². The molecule has 5 nitrogen and oxygen atoms in total. The number of nitrogens with one attached hydrogen (secondary N) is 1. The summed E-state index contributed by atoms with van der Waals surface area (Å²) in [5.74, 6) is -1.61. The van der Waals surface area contributed by atoms with Crippen molar-refractivity contribution in [3.8, 4) is 0 Å². The molecule has 140 valence electrons. The van der Waals surface area contributed by atoms with Crippen LogP contribution >= 0.6 is 0 Å². The van der Waals surface area contributed by atoms with Gasteiger partial charge in [-0.2, -0.15) is 13.2 Å². The Labute approximate surface area is 146 Å². The maximum atomic E-state index is 12.8. The highest BCUT2D eigenvalue weighted by Crippen LogP contribution is 2.19. The maximum Gasteiger partial charge on any atom is 0.406 e. The molecule has 0 atom stereocenters. The Bertz CT molecular complexity index is 727.